The summed E-state index contributed by atoms with van der Waals surface area (Å²) >= 11 is 0. The van der Waals surface area contributed by atoms with Gasteiger partial charge in [0.15, 0.2) is 6.61 Å². The summed E-state index contributed by atoms with van der Waals surface area (Å²) in [5, 5.41) is 0. The molecule has 0 saturated carbocycles. The summed E-state index contributed by atoms with van der Waals surface area (Å²) in [5.41, 5.74) is 0. The Morgan fingerprint density at radius 1 is 1.35 bits per heavy atom. The van der Waals surface area contributed by atoms with E-state index in [1.807, 2.05) is 0 Å². The second kappa shape index (κ2) is 6.09. The van der Waals surface area contributed by atoms with E-state index in [-0.39, 0.29) is 0 Å². The van der Waals surface area contributed by atoms with Crippen LogP contribution in [0.25, 0.3) is 0 Å². The zero-order valence-corrected chi connectivity index (χ0v) is 9.63. The minimum atomic E-state index is -4.47. The smallest absolute Gasteiger partial charge is 0.422 e. The van der Waals surface area contributed by atoms with Crippen LogP contribution in [0.4, 0.5) is 18.0 Å². The number of carbonyl (C=O) groups excluding carboxylic acids is 1. The number of nitrogens with zero attached hydrogens (tertiary/aromatic N) is 1. The number of ether oxygens (including phenoxy) is 2. The molecule has 1 heterocycles. The van der Waals surface area contributed by atoms with Gasteiger partial charge in [0.1, 0.15) is 0 Å². The van der Waals surface area contributed by atoms with Crippen LogP contribution in [0, 0.1) is 5.92 Å². The average molecular weight is 255 g/mol. The zero-order valence-electron chi connectivity index (χ0n) is 9.63. The van der Waals surface area contributed by atoms with Crippen molar-refractivity contribution in [3.63, 3.8) is 0 Å². The molecule has 1 rings (SSSR count). The number of carbonyl (C=O) groups is 1. The van der Waals surface area contributed by atoms with Gasteiger partial charge in [-0.05, 0) is 18.8 Å². The number of hydrogen-bond donors (Lipinski definition) is 0. The lowest BCUT2D eigenvalue weighted by Gasteiger charge is -2.30. The highest BCUT2D eigenvalue weighted by molar-refractivity contribution is 5.67. The molecule has 0 aromatic carbocycles. The van der Waals surface area contributed by atoms with Crippen molar-refractivity contribution in [2.45, 2.75) is 19.0 Å². The van der Waals surface area contributed by atoms with Gasteiger partial charge in [-0.1, -0.05) is 0 Å². The van der Waals surface area contributed by atoms with Crippen LogP contribution in [0.5, 0.6) is 0 Å². The van der Waals surface area contributed by atoms with Crippen molar-refractivity contribution >= 4 is 6.09 Å². The van der Waals surface area contributed by atoms with Crippen molar-refractivity contribution in [2.75, 3.05) is 33.4 Å². The van der Waals surface area contributed by atoms with Crippen LogP contribution in [0.2, 0.25) is 0 Å². The molecular formula is C10H16F3NO3. The summed E-state index contributed by atoms with van der Waals surface area (Å²) in [5.74, 6) is 0.367. The van der Waals surface area contributed by atoms with Gasteiger partial charge in [0.25, 0.3) is 0 Å². The van der Waals surface area contributed by atoms with Gasteiger partial charge < -0.3 is 14.4 Å². The molecule has 0 aromatic heterocycles. The molecule has 0 unspecified atom stereocenters. The van der Waals surface area contributed by atoms with Crippen LogP contribution >= 0.6 is 0 Å². The molecular weight excluding hydrogens is 239 g/mol. The van der Waals surface area contributed by atoms with Crippen molar-refractivity contribution in [3.05, 3.63) is 0 Å². The van der Waals surface area contributed by atoms with Crippen LogP contribution in [0.1, 0.15) is 12.8 Å². The minimum Gasteiger partial charge on any atom is -0.440 e. The molecule has 17 heavy (non-hydrogen) atoms. The van der Waals surface area contributed by atoms with E-state index in [4.69, 9.17) is 4.74 Å². The Labute approximate surface area is 97.7 Å². The van der Waals surface area contributed by atoms with Gasteiger partial charge in [0, 0.05) is 26.8 Å². The van der Waals surface area contributed by atoms with Crippen molar-refractivity contribution in [2.24, 2.45) is 5.92 Å². The maximum absolute atomic E-state index is 11.8. The van der Waals surface area contributed by atoms with Crippen molar-refractivity contribution in [3.8, 4) is 0 Å². The number of hydrogen-bond acceptors (Lipinski definition) is 3. The Balaban J connectivity index is 2.26. The maximum atomic E-state index is 11.8. The fourth-order valence-electron chi connectivity index (χ4n) is 1.75. The number of rotatable bonds is 3. The highest BCUT2D eigenvalue weighted by atomic mass is 19.4. The predicted molar refractivity (Wildman–Crippen MR) is 53.6 cm³/mol. The van der Waals surface area contributed by atoms with E-state index in [9.17, 15) is 18.0 Å². The number of halogens is 3. The van der Waals surface area contributed by atoms with Crippen LogP contribution in [0.3, 0.4) is 0 Å². The highest BCUT2D eigenvalue weighted by Gasteiger charge is 2.31. The normalized spacial score (nSPS) is 18.2. The predicted octanol–water partition coefficient (Wildman–Crippen LogP) is 2.04. The van der Waals surface area contributed by atoms with Gasteiger partial charge in [-0.2, -0.15) is 13.2 Å². The van der Waals surface area contributed by atoms with E-state index in [0.717, 1.165) is 12.8 Å². The Hall–Kier alpha value is -0.980. The SMILES string of the molecule is COCC1CCN(C(=O)OCC(F)(F)F)CC1. The first-order chi connectivity index (χ1) is 7.92. The van der Waals surface area contributed by atoms with Crippen LogP contribution in [-0.2, 0) is 9.47 Å². The van der Waals surface area contributed by atoms with Gasteiger partial charge in [-0.3, -0.25) is 0 Å². The third-order valence-electron chi connectivity index (χ3n) is 2.63. The number of likely N-dealkylation sites (tertiary alicyclic amines) is 1. The van der Waals surface area contributed by atoms with Gasteiger partial charge in [-0.15, -0.1) is 0 Å². The molecule has 0 N–H and O–H groups in total. The second-order valence-electron chi connectivity index (χ2n) is 4.06. The molecule has 1 saturated heterocycles. The number of piperidine rings is 1. The largest absolute Gasteiger partial charge is 0.440 e. The van der Waals surface area contributed by atoms with Gasteiger partial charge >= 0.3 is 12.3 Å². The van der Waals surface area contributed by atoms with E-state index in [2.05, 4.69) is 4.74 Å². The first kappa shape index (κ1) is 14.1. The molecule has 0 bridgehead atoms. The number of methoxy groups -OCH3 is 1. The van der Waals surface area contributed by atoms with E-state index < -0.39 is 18.9 Å². The molecule has 0 radical (unpaired) electrons. The summed E-state index contributed by atoms with van der Waals surface area (Å²) in [6.45, 7) is -0.0648. The highest BCUT2D eigenvalue weighted by Crippen LogP contribution is 2.19. The molecule has 100 valence electrons. The molecule has 0 spiro atoms. The number of amides is 1. The zero-order chi connectivity index (χ0) is 12.9. The van der Waals surface area contributed by atoms with E-state index in [1.165, 1.54) is 4.90 Å². The maximum Gasteiger partial charge on any atom is 0.422 e. The first-order valence-corrected chi connectivity index (χ1v) is 5.40. The topological polar surface area (TPSA) is 38.8 Å². The van der Waals surface area contributed by atoms with Gasteiger partial charge in [0.05, 0.1) is 0 Å². The average Bonchev–Trinajstić information content (AvgIpc) is 2.26. The molecule has 1 aliphatic heterocycles. The summed E-state index contributed by atoms with van der Waals surface area (Å²) < 4.78 is 44.7. The first-order valence-electron chi connectivity index (χ1n) is 5.40. The third kappa shape index (κ3) is 5.25. The van der Waals surface area contributed by atoms with Crippen molar-refractivity contribution < 1.29 is 27.4 Å². The van der Waals surface area contributed by atoms with E-state index >= 15 is 0 Å². The minimum absolute atomic E-state index is 0.367. The van der Waals surface area contributed by atoms with Gasteiger partial charge in [-0.25, -0.2) is 4.79 Å². The molecule has 0 atom stereocenters. The molecule has 1 amide bonds. The van der Waals surface area contributed by atoms with Gasteiger partial charge in [0.2, 0.25) is 0 Å². The lowest BCUT2D eigenvalue weighted by atomic mass is 9.98. The Bertz CT molecular complexity index is 250. The quantitative estimate of drug-likeness (QED) is 0.774. The lowest BCUT2D eigenvalue weighted by Crippen LogP contribution is -2.40. The molecule has 1 fully saturated rings. The second-order valence-corrected chi connectivity index (χ2v) is 4.06. The molecule has 4 nitrogen and oxygen atoms in total. The Kier molecular flexibility index (Phi) is 5.04. The summed E-state index contributed by atoms with van der Waals surface area (Å²) in [4.78, 5) is 12.6. The molecule has 1 aliphatic rings. The van der Waals surface area contributed by atoms with Crippen LogP contribution in [-0.4, -0.2) is 50.6 Å². The van der Waals surface area contributed by atoms with Crippen LogP contribution < -0.4 is 0 Å². The standard InChI is InChI=1S/C10H16F3NO3/c1-16-6-8-2-4-14(5-3-8)9(15)17-7-10(11,12)13/h8H,2-7H2,1H3. The summed E-state index contributed by atoms with van der Waals surface area (Å²) in [7, 11) is 1.60. The van der Waals surface area contributed by atoms with Crippen molar-refractivity contribution in [1.29, 1.82) is 0 Å². The monoisotopic (exact) mass is 255 g/mol. The fraction of sp³-hybridized carbons (Fsp3) is 0.900. The Morgan fingerprint density at radius 3 is 2.41 bits per heavy atom. The summed E-state index contributed by atoms with van der Waals surface area (Å²) in [6.07, 6.45) is -3.90. The summed E-state index contributed by atoms with van der Waals surface area (Å²) in [6, 6.07) is 0. The Morgan fingerprint density at radius 2 is 1.94 bits per heavy atom. The molecule has 0 aliphatic carbocycles. The fourth-order valence-corrected chi connectivity index (χ4v) is 1.75. The van der Waals surface area contributed by atoms with E-state index in [1.54, 1.807) is 7.11 Å². The lowest BCUT2D eigenvalue weighted by molar-refractivity contribution is -0.162. The molecule has 7 heteroatoms. The van der Waals surface area contributed by atoms with E-state index in [0.29, 0.717) is 25.6 Å². The number of alkyl halides is 3. The molecule has 0 aromatic rings. The van der Waals surface area contributed by atoms with Crippen molar-refractivity contribution in [1.82, 2.24) is 4.90 Å². The van der Waals surface area contributed by atoms with Crippen LogP contribution in [0.15, 0.2) is 0 Å². The third-order valence-corrected chi connectivity index (χ3v) is 2.63.